The Morgan fingerprint density at radius 2 is 1.67 bits per heavy atom. The highest BCUT2D eigenvalue weighted by Crippen LogP contribution is 2.42. The molecule has 0 saturated carbocycles. The van der Waals surface area contributed by atoms with Crippen LogP contribution in [0.15, 0.2) is 22.1 Å². The lowest BCUT2D eigenvalue weighted by atomic mass is 10.1. The third-order valence-electron chi connectivity index (χ3n) is 2.37. The first kappa shape index (κ1) is 15.0. The smallest absolute Gasteiger partial charge is 0.103 e. The number of nitrogens with zero attached hydrogens (tertiary/aromatic N) is 2. The fourth-order valence-electron chi connectivity index (χ4n) is 1.30. The van der Waals surface area contributed by atoms with Crippen molar-refractivity contribution in [2.75, 3.05) is 25.0 Å². The predicted molar refractivity (Wildman–Crippen MR) is 89.0 cm³/mol. The van der Waals surface area contributed by atoms with E-state index in [-0.39, 0.29) is 0 Å². The SMILES string of the molecule is Cc1ccc(N=C=S)c(N=C=S(C)(C)(C)C)c1C. The van der Waals surface area contributed by atoms with Crippen molar-refractivity contribution in [1.82, 2.24) is 0 Å². The maximum Gasteiger partial charge on any atom is 0.103 e. The Morgan fingerprint density at radius 3 is 2.17 bits per heavy atom. The van der Waals surface area contributed by atoms with E-state index < -0.39 is 8.75 Å². The number of thiocarbonyl (C=S) groups is 1. The van der Waals surface area contributed by atoms with E-state index in [1.807, 2.05) is 19.1 Å². The van der Waals surface area contributed by atoms with E-state index in [2.05, 4.69) is 64.5 Å². The summed E-state index contributed by atoms with van der Waals surface area (Å²) >= 11 is 4.68. The largest absolute Gasteiger partial charge is 0.207 e. The zero-order valence-electron chi connectivity index (χ0n) is 11.9. The van der Waals surface area contributed by atoms with Gasteiger partial charge in [-0.25, -0.2) is 8.75 Å². The van der Waals surface area contributed by atoms with Crippen LogP contribution in [0.25, 0.3) is 0 Å². The van der Waals surface area contributed by atoms with E-state index in [0.717, 1.165) is 16.9 Å². The van der Waals surface area contributed by atoms with Gasteiger partial charge in [-0.05, 0) is 68.3 Å². The summed E-state index contributed by atoms with van der Waals surface area (Å²) < 4.78 is 0. The molecule has 98 valence electrons. The molecule has 0 saturated heterocycles. The summed E-state index contributed by atoms with van der Waals surface area (Å²) in [5.74, 6) is 0. The lowest BCUT2D eigenvalue weighted by Crippen LogP contribution is -1.98. The van der Waals surface area contributed by atoms with Gasteiger partial charge in [0.05, 0.1) is 5.16 Å². The van der Waals surface area contributed by atoms with Gasteiger partial charge in [-0.15, -0.1) is 0 Å². The summed E-state index contributed by atoms with van der Waals surface area (Å²) in [6.45, 7) is 4.11. The standard InChI is InChI=1S/C14H20N2S2/c1-11-7-8-13(15-9-17)14(12(11)2)16-10-18(3,4,5)6/h7-8H,1-6H3. The first-order valence-corrected chi connectivity index (χ1v) is 9.68. The summed E-state index contributed by atoms with van der Waals surface area (Å²) in [6.07, 6.45) is 8.75. The molecule has 2 nitrogen and oxygen atoms in total. The Hall–Kier alpha value is -1.05. The minimum absolute atomic E-state index is 0.761. The summed E-state index contributed by atoms with van der Waals surface area (Å²) in [6, 6.07) is 3.94. The van der Waals surface area contributed by atoms with Crippen LogP contribution >= 0.6 is 21.0 Å². The number of benzene rings is 1. The van der Waals surface area contributed by atoms with Crippen LogP contribution in [0, 0.1) is 13.8 Å². The zero-order chi connectivity index (χ0) is 14.0. The topological polar surface area (TPSA) is 24.7 Å². The van der Waals surface area contributed by atoms with Crippen molar-refractivity contribution in [3.8, 4) is 0 Å². The normalized spacial score (nSPS) is 12.9. The second-order valence-electron chi connectivity index (χ2n) is 6.05. The lowest BCUT2D eigenvalue weighted by molar-refractivity contribution is 1.30. The van der Waals surface area contributed by atoms with Crippen molar-refractivity contribution in [3.05, 3.63) is 23.3 Å². The second kappa shape index (κ2) is 4.91. The molecule has 0 aliphatic heterocycles. The van der Waals surface area contributed by atoms with Gasteiger partial charge >= 0.3 is 0 Å². The van der Waals surface area contributed by atoms with Gasteiger partial charge in [0.15, 0.2) is 0 Å². The summed E-state index contributed by atoms with van der Waals surface area (Å²) in [7, 11) is -1.65. The number of isothiocyanates is 2. The molecule has 0 radical (unpaired) electrons. The molecule has 1 aromatic rings. The number of hydrogen-bond donors (Lipinski definition) is 0. The van der Waals surface area contributed by atoms with Crippen molar-refractivity contribution >= 4 is 42.7 Å². The van der Waals surface area contributed by atoms with E-state index in [9.17, 15) is 0 Å². The number of aryl methyl sites for hydroxylation is 1. The molecule has 0 atom stereocenters. The molecule has 4 heteroatoms. The van der Waals surface area contributed by atoms with Gasteiger partial charge in [-0.3, -0.25) is 0 Å². The molecule has 0 aliphatic carbocycles. The van der Waals surface area contributed by atoms with Crippen molar-refractivity contribution in [2.45, 2.75) is 13.8 Å². The van der Waals surface area contributed by atoms with Gasteiger partial charge in [-0.1, -0.05) is 6.07 Å². The first-order chi connectivity index (χ1) is 8.10. The monoisotopic (exact) mass is 280 g/mol. The van der Waals surface area contributed by atoms with E-state index >= 15 is 0 Å². The van der Waals surface area contributed by atoms with Crippen LogP contribution in [-0.2, 0) is 0 Å². The zero-order valence-corrected chi connectivity index (χ0v) is 13.5. The summed E-state index contributed by atoms with van der Waals surface area (Å²) in [4.78, 5) is 8.62. The van der Waals surface area contributed by atoms with Gasteiger partial charge in [-0.2, -0.15) is 9.98 Å². The molecule has 1 rings (SSSR count). The van der Waals surface area contributed by atoms with Gasteiger partial charge < -0.3 is 0 Å². The average Bonchev–Trinajstić information content (AvgIpc) is 2.21. The maximum absolute atomic E-state index is 4.68. The van der Waals surface area contributed by atoms with Crippen LogP contribution in [0.3, 0.4) is 0 Å². The molecule has 0 heterocycles. The molecular formula is C14H20N2S2. The maximum atomic E-state index is 4.68. The molecule has 0 amide bonds. The molecule has 0 N–H and O–H groups in total. The second-order valence-corrected chi connectivity index (χ2v) is 12.9. The Labute approximate surface area is 115 Å². The Bertz CT molecular complexity index is 614. The van der Waals surface area contributed by atoms with Crippen LogP contribution in [0.2, 0.25) is 0 Å². The number of rotatable bonds is 2. The number of aliphatic imine (C=N–C) groups is 2. The molecular weight excluding hydrogens is 260 g/mol. The Kier molecular flexibility index (Phi) is 4.09. The molecule has 1 aromatic carbocycles. The van der Waals surface area contributed by atoms with Crippen LogP contribution in [0.4, 0.5) is 11.4 Å². The van der Waals surface area contributed by atoms with Crippen LogP contribution < -0.4 is 0 Å². The molecule has 0 spiro atoms. The highest BCUT2D eigenvalue weighted by atomic mass is 32.3. The molecule has 18 heavy (non-hydrogen) atoms. The van der Waals surface area contributed by atoms with Crippen LogP contribution in [-0.4, -0.2) is 35.3 Å². The van der Waals surface area contributed by atoms with Crippen molar-refractivity contribution in [2.24, 2.45) is 9.98 Å². The van der Waals surface area contributed by atoms with E-state index in [1.165, 1.54) is 5.56 Å². The highest BCUT2D eigenvalue weighted by Gasteiger charge is 2.08. The quantitative estimate of drug-likeness (QED) is 0.581. The number of hydrogen-bond acceptors (Lipinski definition) is 3. The van der Waals surface area contributed by atoms with Crippen molar-refractivity contribution in [3.63, 3.8) is 0 Å². The molecule has 0 aromatic heterocycles. The van der Waals surface area contributed by atoms with Crippen molar-refractivity contribution < 1.29 is 0 Å². The minimum atomic E-state index is -1.65. The van der Waals surface area contributed by atoms with Crippen molar-refractivity contribution in [1.29, 1.82) is 0 Å². The molecule has 0 unspecified atom stereocenters. The average molecular weight is 280 g/mol. The first-order valence-electron chi connectivity index (χ1n) is 5.60. The van der Waals surface area contributed by atoms with Gasteiger partial charge in [0.1, 0.15) is 11.4 Å². The van der Waals surface area contributed by atoms with Gasteiger partial charge in [0.2, 0.25) is 0 Å². The minimum Gasteiger partial charge on any atom is -0.207 e. The Morgan fingerprint density at radius 1 is 1.06 bits per heavy atom. The fraction of sp³-hybridized carbons (Fsp3) is 0.429. The van der Waals surface area contributed by atoms with E-state index in [4.69, 9.17) is 0 Å². The third kappa shape index (κ3) is 4.32. The van der Waals surface area contributed by atoms with Gasteiger partial charge in [0.25, 0.3) is 0 Å². The molecule has 0 bridgehead atoms. The molecule has 0 aliphatic rings. The van der Waals surface area contributed by atoms with E-state index in [0.29, 0.717) is 0 Å². The van der Waals surface area contributed by atoms with Crippen LogP contribution in [0.5, 0.6) is 0 Å². The third-order valence-corrected chi connectivity index (χ3v) is 3.28. The summed E-state index contributed by atoms with van der Waals surface area (Å²) in [5, 5.41) is 5.70. The lowest BCUT2D eigenvalue weighted by Gasteiger charge is -2.26. The van der Waals surface area contributed by atoms with Crippen LogP contribution in [0.1, 0.15) is 11.1 Å². The fourth-order valence-corrected chi connectivity index (χ4v) is 1.85. The highest BCUT2D eigenvalue weighted by molar-refractivity contribution is 8.44. The summed E-state index contributed by atoms with van der Waals surface area (Å²) in [5.41, 5.74) is 3.92. The molecule has 0 fully saturated rings. The van der Waals surface area contributed by atoms with E-state index in [1.54, 1.807) is 0 Å². The predicted octanol–water partition coefficient (Wildman–Crippen LogP) is 4.43. The van der Waals surface area contributed by atoms with Gasteiger partial charge in [0, 0.05) is 5.16 Å². The Balaban J connectivity index is 3.65.